The van der Waals surface area contributed by atoms with Crippen LogP contribution < -0.4 is 0 Å². The molecule has 0 radical (unpaired) electrons. The summed E-state index contributed by atoms with van der Waals surface area (Å²) < 4.78 is 0. The first-order valence-electron chi connectivity index (χ1n) is 4.24. The zero-order valence-electron chi connectivity index (χ0n) is 7.65. The topological polar surface area (TPSA) is 12.4 Å². The van der Waals surface area contributed by atoms with Gasteiger partial charge >= 0.3 is 0 Å². The monoisotopic (exact) mass is 173 g/mol. The van der Waals surface area contributed by atoms with Crippen molar-refractivity contribution in [1.82, 2.24) is 0 Å². The first-order valence-corrected chi connectivity index (χ1v) is 4.24. The van der Waals surface area contributed by atoms with E-state index in [-0.39, 0.29) is 20.4 Å². The van der Waals surface area contributed by atoms with E-state index in [0.29, 0.717) is 0 Å². The lowest BCUT2D eigenvalue weighted by Crippen LogP contribution is -2.19. The second-order valence-electron chi connectivity index (χ2n) is 3.02. The van der Waals surface area contributed by atoms with Gasteiger partial charge in [-0.3, -0.25) is 4.99 Å². The minimum absolute atomic E-state index is 0. The van der Waals surface area contributed by atoms with Crippen LogP contribution in [-0.2, 0) is 0 Å². The van der Waals surface area contributed by atoms with Crippen molar-refractivity contribution in [1.29, 1.82) is 0 Å². The van der Waals surface area contributed by atoms with Gasteiger partial charge in [-0.05, 0) is 39.3 Å². The Morgan fingerprint density at radius 3 is 1.83 bits per heavy atom. The van der Waals surface area contributed by atoms with Gasteiger partial charge in [0.1, 0.15) is 0 Å². The highest BCUT2D eigenvalue weighted by molar-refractivity contribution is 5.58. The predicted molar refractivity (Wildman–Crippen MR) is 61.2 cm³/mol. The molecule has 76 valence electrons. The van der Waals surface area contributed by atoms with E-state index in [2.05, 4.69) is 18.8 Å². The normalized spacial score (nSPS) is 17.7. The summed E-state index contributed by atoms with van der Waals surface area (Å²) in [6, 6.07) is 0. The van der Waals surface area contributed by atoms with Crippen molar-refractivity contribution in [2.45, 2.75) is 67.3 Å². The molecule has 1 nitrogen and oxygen atoms in total. The maximum absolute atomic E-state index is 4.34. The van der Waals surface area contributed by atoms with Crippen molar-refractivity contribution in [3.63, 3.8) is 0 Å². The Morgan fingerprint density at radius 2 is 1.67 bits per heavy atom. The molecule has 0 unspecified atom stereocenters. The second kappa shape index (κ2) is 8.76. The van der Waals surface area contributed by atoms with Crippen LogP contribution in [0.25, 0.3) is 0 Å². The average Bonchev–Trinajstić information content (AvgIpc) is 1.92. The van der Waals surface area contributed by atoms with Gasteiger partial charge in [0.2, 0.25) is 0 Å². The molecule has 12 heavy (non-hydrogen) atoms. The van der Waals surface area contributed by atoms with E-state index in [1.165, 1.54) is 19.3 Å². The fourth-order valence-electron chi connectivity index (χ4n) is 1.00. The summed E-state index contributed by atoms with van der Waals surface area (Å²) in [5, 5.41) is 0. The summed E-state index contributed by atoms with van der Waals surface area (Å²) >= 11 is 0. The molecule has 0 saturated carbocycles. The molecule has 0 aliphatic carbocycles. The van der Waals surface area contributed by atoms with Gasteiger partial charge in [0.05, 0.1) is 5.54 Å². The number of rotatable bonds is 0. The van der Waals surface area contributed by atoms with Gasteiger partial charge in [-0.1, -0.05) is 28.7 Å². The number of hydrogen-bond donors (Lipinski definition) is 0. The van der Waals surface area contributed by atoms with Crippen LogP contribution in [0.4, 0.5) is 0 Å². The molecule has 1 heteroatoms. The Morgan fingerprint density at radius 1 is 1.17 bits per heavy atom. The number of aliphatic imine (C=N–C) groups is 1. The Kier molecular flexibility index (Phi) is 12.9. The van der Waals surface area contributed by atoms with Gasteiger partial charge in [0.15, 0.2) is 0 Å². The SMILES string of the molecule is C.C.CC.CC1(C)CCCC=N1. The smallest absolute Gasteiger partial charge is 0.0548 e. The van der Waals surface area contributed by atoms with Crippen molar-refractivity contribution < 1.29 is 0 Å². The van der Waals surface area contributed by atoms with E-state index < -0.39 is 0 Å². The molecule has 0 atom stereocenters. The molecule has 1 aliphatic rings. The average molecular weight is 173 g/mol. The molecule has 0 bridgehead atoms. The minimum atomic E-state index is 0. The second-order valence-corrected chi connectivity index (χ2v) is 3.02. The Balaban J connectivity index is -0.000000189. The quantitative estimate of drug-likeness (QED) is 0.517. The summed E-state index contributed by atoms with van der Waals surface area (Å²) in [5.74, 6) is 0. The highest BCUT2D eigenvalue weighted by Crippen LogP contribution is 2.20. The van der Waals surface area contributed by atoms with Crippen LogP contribution in [0.15, 0.2) is 4.99 Å². The summed E-state index contributed by atoms with van der Waals surface area (Å²) in [6.45, 7) is 8.37. The number of hydrogen-bond acceptors (Lipinski definition) is 1. The van der Waals surface area contributed by atoms with E-state index in [1.807, 2.05) is 20.1 Å². The zero-order chi connectivity index (χ0) is 8.04. The van der Waals surface area contributed by atoms with Crippen LogP contribution in [0.1, 0.15) is 61.8 Å². The van der Waals surface area contributed by atoms with E-state index in [0.717, 1.165) is 0 Å². The molecule has 1 heterocycles. The van der Waals surface area contributed by atoms with Crippen LogP contribution >= 0.6 is 0 Å². The van der Waals surface area contributed by atoms with Crippen LogP contribution in [0, 0.1) is 0 Å². The van der Waals surface area contributed by atoms with Gasteiger partial charge in [-0.25, -0.2) is 0 Å². The van der Waals surface area contributed by atoms with Gasteiger partial charge in [-0.15, -0.1) is 0 Å². The summed E-state index contributed by atoms with van der Waals surface area (Å²) in [7, 11) is 0. The van der Waals surface area contributed by atoms with Crippen molar-refractivity contribution in [2.75, 3.05) is 0 Å². The molecule has 0 aromatic heterocycles. The first-order chi connectivity index (χ1) is 4.71. The van der Waals surface area contributed by atoms with E-state index >= 15 is 0 Å². The third kappa shape index (κ3) is 7.77. The summed E-state index contributed by atoms with van der Waals surface area (Å²) in [4.78, 5) is 4.34. The molecule has 0 aromatic rings. The van der Waals surface area contributed by atoms with Gasteiger partial charge in [0, 0.05) is 0 Å². The standard InChI is InChI=1S/C7H13N.C2H6.2CH4/c1-7(2)5-3-4-6-8-7;1-2;;/h6H,3-5H2,1-2H3;1-2H3;2*1H4. The van der Waals surface area contributed by atoms with Crippen molar-refractivity contribution in [3.8, 4) is 0 Å². The highest BCUT2D eigenvalue weighted by atomic mass is 14.8. The fourth-order valence-corrected chi connectivity index (χ4v) is 1.00. The lowest BCUT2D eigenvalue weighted by atomic mass is 9.96. The molecule has 0 amide bonds. The third-order valence-electron chi connectivity index (χ3n) is 1.56. The molecule has 1 rings (SSSR count). The van der Waals surface area contributed by atoms with E-state index in [1.54, 1.807) is 0 Å². The maximum Gasteiger partial charge on any atom is 0.0548 e. The highest BCUT2D eigenvalue weighted by Gasteiger charge is 2.16. The van der Waals surface area contributed by atoms with Crippen LogP contribution in [0.3, 0.4) is 0 Å². The summed E-state index contributed by atoms with van der Waals surface area (Å²) in [6.07, 6.45) is 5.80. The van der Waals surface area contributed by atoms with E-state index in [9.17, 15) is 0 Å². The van der Waals surface area contributed by atoms with Gasteiger partial charge in [-0.2, -0.15) is 0 Å². The molecule has 1 aliphatic heterocycles. The van der Waals surface area contributed by atoms with Crippen LogP contribution in [0.2, 0.25) is 0 Å². The Labute approximate surface area is 79.3 Å². The first kappa shape index (κ1) is 17.7. The van der Waals surface area contributed by atoms with Gasteiger partial charge in [0.25, 0.3) is 0 Å². The molecule has 0 aromatic carbocycles. The van der Waals surface area contributed by atoms with Crippen LogP contribution in [-0.4, -0.2) is 11.8 Å². The summed E-state index contributed by atoms with van der Waals surface area (Å²) in [5.41, 5.74) is 0.248. The molecule has 0 fully saturated rings. The van der Waals surface area contributed by atoms with Crippen molar-refractivity contribution in [3.05, 3.63) is 0 Å². The maximum atomic E-state index is 4.34. The molecule has 0 N–H and O–H groups in total. The minimum Gasteiger partial charge on any atom is -0.291 e. The fraction of sp³-hybridized carbons (Fsp3) is 0.909. The van der Waals surface area contributed by atoms with Gasteiger partial charge < -0.3 is 0 Å². The Bertz CT molecular complexity index is 104. The van der Waals surface area contributed by atoms with Crippen molar-refractivity contribution >= 4 is 6.21 Å². The van der Waals surface area contributed by atoms with Crippen molar-refractivity contribution in [2.24, 2.45) is 4.99 Å². The predicted octanol–water partition coefficient (Wildman–Crippen LogP) is 4.32. The lowest BCUT2D eigenvalue weighted by molar-refractivity contribution is 0.452. The largest absolute Gasteiger partial charge is 0.291 e. The zero-order valence-corrected chi connectivity index (χ0v) is 7.65. The number of nitrogens with zero attached hydrogens (tertiary/aromatic N) is 1. The molecular weight excluding hydrogens is 146 g/mol. The van der Waals surface area contributed by atoms with Crippen LogP contribution in [0.5, 0.6) is 0 Å². The molecular formula is C11H27N. The van der Waals surface area contributed by atoms with E-state index in [4.69, 9.17) is 0 Å². The molecule has 0 spiro atoms. The third-order valence-corrected chi connectivity index (χ3v) is 1.56. The lowest BCUT2D eigenvalue weighted by Gasteiger charge is -2.22. The Hall–Kier alpha value is -0.330. The molecule has 0 saturated heterocycles.